The van der Waals surface area contributed by atoms with E-state index < -0.39 is 0 Å². The maximum Gasteiger partial charge on any atom is 0.198 e. The van der Waals surface area contributed by atoms with Crippen molar-refractivity contribution >= 4 is 28.4 Å². The fourth-order valence-electron chi connectivity index (χ4n) is 2.09. The zero-order chi connectivity index (χ0) is 13.8. The monoisotopic (exact) mass is 280 g/mol. The van der Waals surface area contributed by atoms with Crippen LogP contribution in [0.4, 0.5) is 0 Å². The number of ether oxygens (including phenoxy) is 1. The summed E-state index contributed by atoms with van der Waals surface area (Å²) in [5.74, 6) is 1.84. The Labute approximate surface area is 117 Å². The molecule has 1 heterocycles. The molecule has 0 bridgehead atoms. The smallest absolute Gasteiger partial charge is 0.198 e. The number of ketones is 1. The first-order chi connectivity index (χ1) is 9.17. The van der Waals surface area contributed by atoms with Gasteiger partial charge in [0.25, 0.3) is 0 Å². The lowest BCUT2D eigenvalue weighted by Gasteiger charge is -1.98. The van der Waals surface area contributed by atoms with Crippen molar-refractivity contribution in [2.24, 2.45) is 0 Å². The summed E-state index contributed by atoms with van der Waals surface area (Å²) >= 11 is 5.61. The van der Waals surface area contributed by atoms with Crippen molar-refractivity contribution in [3.05, 3.63) is 29.5 Å². The second kappa shape index (κ2) is 6.11. The molecule has 0 N–H and O–H groups in total. The number of fused-ring (bicyclic) bond motifs is 1. The van der Waals surface area contributed by atoms with Crippen molar-refractivity contribution in [3.63, 3.8) is 0 Å². The Bertz CT molecular complexity index is 586. The van der Waals surface area contributed by atoms with E-state index in [-0.39, 0.29) is 5.78 Å². The molecule has 0 unspecified atom stereocenters. The molecule has 0 aliphatic carbocycles. The number of furan rings is 1. The number of halogens is 1. The number of hydrogen-bond acceptors (Lipinski definition) is 3. The minimum atomic E-state index is 0.0396. The van der Waals surface area contributed by atoms with E-state index in [0.29, 0.717) is 18.1 Å². The lowest BCUT2D eigenvalue weighted by Crippen LogP contribution is -1.99. The third kappa shape index (κ3) is 2.92. The summed E-state index contributed by atoms with van der Waals surface area (Å²) < 4.78 is 10.8. The molecule has 0 atom stereocenters. The van der Waals surface area contributed by atoms with Crippen LogP contribution in [0, 0.1) is 6.92 Å². The van der Waals surface area contributed by atoms with Gasteiger partial charge in [-0.3, -0.25) is 4.79 Å². The van der Waals surface area contributed by atoms with Gasteiger partial charge in [-0.1, -0.05) is 0 Å². The fraction of sp³-hybridized carbons (Fsp3) is 0.400. The molecule has 0 saturated carbocycles. The van der Waals surface area contributed by atoms with Gasteiger partial charge >= 0.3 is 0 Å². The van der Waals surface area contributed by atoms with E-state index in [1.807, 2.05) is 25.1 Å². The normalized spacial score (nSPS) is 10.9. The summed E-state index contributed by atoms with van der Waals surface area (Å²) in [6.45, 7) is 1.90. The molecule has 3 nitrogen and oxygen atoms in total. The first kappa shape index (κ1) is 13.9. The van der Waals surface area contributed by atoms with E-state index >= 15 is 0 Å². The number of Topliss-reactive ketones (excluding diaryl/α,β-unsaturated/α-hetero) is 1. The van der Waals surface area contributed by atoms with Gasteiger partial charge in [0.1, 0.15) is 11.3 Å². The summed E-state index contributed by atoms with van der Waals surface area (Å²) in [4.78, 5) is 12.1. The molecule has 0 radical (unpaired) electrons. The first-order valence-electron chi connectivity index (χ1n) is 6.33. The molecule has 0 amide bonds. The largest absolute Gasteiger partial charge is 0.497 e. The van der Waals surface area contributed by atoms with Gasteiger partial charge in [-0.2, -0.15) is 0 Å². The van der Waals surface area contributed by atoms with E-state index in [0.717, 1.165) is 35.1 Å². The minimum absolute atomic E-state index is 0.0396. The maximum absolute atomic E-state index is 12.1. The molecular weight excluding hydrogens is 264 g/mol. The van der Waals surface area contributed by atoms with Crippen LogP contribution in [0.15, 0.2) is 22.6 Å². The molecule has 0 aliphatic rings. The van der Waals surface area contributed by atoms with Crippen LogP contribution in [0.5, 0.6) is 5.75 Å². The van der Waals surface area contributed by atoms with Crippen molar-refractivity contribution in [1.29, 1.82) is 0 Å². The highest BCUT2D eigenvalue weighted by Gasteiger charge is 2.17. The number of carbonyl (C=O) groups is 1. The summed E-state index contributed by atoms with van der Waals surface area (Å²) in [6.07, 6.45) is 2.12. The van der Waals surface area contributed by atoms with Crippen molar-refractivity contribution in [3.8, 4) is 5.75 Å². The topological polar surface area (TPSA) is 39.4 Å². The van der Waals surface area contributed by atoms with Crippen LogP contribution in [0.25, 0.3) is 11.0 Å². The number of benzene rings is 1. The van der Waals surface area contributed by atoms with Gasteiger partial charge in [-0.25, -0.2) is 0 Å². The molecule has 2 rings (SSSR count). The summed E-state index contributed by atoms with van der Waals surface area (Å²) in [7, 11) is 1.62. The standard InChI is InChI=1S/C15H17ClO3/c1-10-12-9-11(18-2)6-7-14(12)19-15(10)13(17)5-3-4-8-16/h6-7,9H,3-5,8H2,1-2H3. The second-order valence-electron chi connectivity index (χ2n) is 4.49. The van der Waals surface area contributed by atoms with Gasteiger partial charge < -0.3 is 9.15 Å². The number of alkyl halides is 1. The molecule has 4 heteroatoms. The molecule has 0 saturated heterocycles. The Kier molecular flexibility index (Phi) is 4.48. The molecule has 1 aromatic heterocycles. The number of rotatable bonds is 6. The predicted molar refractivity (Wildman–Crippen MR) is 76.4 cm³/mol. The third-order valence-corrected chi connectivity index (χ3v) is 3.45. The quantitative estimate of drug-likeness (QED) is 0.449. The highest BCUT2D eigenvalue weighted by atomic mass is 35.5. The first-order valence-corrected chi connectivity index (χ1v) is 6.87. The van der Waals surface area contributed by atoms with Gasteiger partial charge in [0.05, 0.1) is 7.11 Å². The lowest BCUT2D eigenvalue weighted by atomic mass is 10.1. The SMILES string of the molecule is COc1ccc2oc(C(=O)CCCCCl)c(C)c2c1. The predicted octanol–water partition coefficient (Wildman–Crippen LogP) is 4.34. The number of unbranched alkanes of at least 4 members (excludes halogenated alkanes) is 1. The number of methoxy groups -OCH3 is 1. The highest BCUT2D eigenvalue weighted by molar-refractivity contribution is 6.17. The van der Waals surface area contributed by atoms with Crippen molar-refractivity contribution < 1.29 is 13.9 Å². The minimum Gasteiger partial charge on any atom is -0.497 e. The van der Waals surface area contributed by atoms with E-state index in [4.69, 9.17) is 20.8 Å². The van der Waals surface area contributed by atoms with Crippen LogP contribution in [-0.4, -0.2) is 18.8 Å². The van der Waals surface area contributed by atoms with Gasteiger partial charge in [0.15, 0.2) is 11.5 Å². The number of carbonyl (C=O) groups excluding carboxylic acids is 1. The van der Waals surface area contributed by atoms with E-state index in [2.05, 4.69) is 0 Å². The van der Waals surface area contributed by atoms with Crippen LogP contribution in [-0.2, 0) is 0 Å². The van der Waals surface area contributed by atoms with Gasteiger partial charge in [0, 0.05) is 23.3 Å². The van der Waals surface area contributed by atoms with Crippen molar-refractivity contribution in [1.82, 2.24) is 0 Å². The van der Waals surface area contributed by atoms with Crippen LogP contribution >= 0.6 is 11.6 Å². The lowest BCUT2D eigenvalue weighted by molar-refractivity contribution is 0.0954. The number of hydrogen-bond donors (Lipinski definition) is 0. The summed E-state index contributed by atoms with van der Waals surface area (Å²) in [6, 6.07) is 5.55. The molecular formula is C15H17ClO3. The van der Waals surface area contributed by atoms with E-state index in [1.165, 1.54) is 0 Å². The Morgan fingerprint density at radius 1 is 1.37 bits per heavy atom. The van der Waals surface area contributed by atoms with Crippen molar-refractivity contribution in [2.45, 2.75) is 26.2 Å². The average Bonchev–Trinajstić information content (AvgIpc) is 2.76. The average molecular weight is 281 g/mol. The van der Waals surface area contributed by atoms with Gasteiger partial charge in [0.2, 0.25) is 0 Å². The van der Waals surface area contributed by atoms with Gasteiger partial charge in [-0.15, -0.1) is 11.6 Å². The molecule has 0 aliphatic heterocycles. The zero-order valence-corrected chi connectivity index (χ0v) is 11.9. The van der Waals surface area contributed by atoms with E-state index in [9.17, 15) is 4.79 Å². The van der Waals surface area contributed by atoms with Crippen LogP contribution in [0.2, 0.25) is 0 Å². The fourth-order valence-corrected chi connectivity index (χ4v) is 2.28. The van der Waals surface area contributed by atoms with Crippen molar-refractivity contribution in [2.75, 3.05) is 13.0 Å². The molecule has 19 heavy (non-hydrogen) atoms. The highest BCUT2D eigenvalue weighted by Crippen LogP contribution is 2.29. The van der Waals surface area contributed by atoms with E-state index in [1.54, 1.807) is 7.11 Å². The van der Waals surface area contributed by atoms with Gasteiger partial charge in [-0.05, 0) is 38.0 Å². The Balaban J connectivity index is 2.29. The number of aryl methyl sites for hydroxylation is 1. The Morgan fingerprint density at radius 2 is 2.16 bits per heavy atom. The second-order valence-corrected chi connectivity index (χ2v) is 4.87. The maximum atomic E-state index is 12.1. The molecule has 1 aromatic carbocycles. The van der Waals surface area contributed by atoms with Crippen LogP contribution in [0.3, 0.4) is 0 Å². The molecule has 102 valence electrons. The molecule has 0 fully saturated rings. The zero-order valence-electron chi connectivity index (χ0n) is 11.2. The molecule has 0 spiro atoms. The Hall–Kier alpha value is -1.48. The third-order valence-electron chi connectivity index (χ3n) is 3.18. The molecule has 2 aromatic rings. The van der Waals surface area contributed by atoms with Crippen LogP contribution in [0.1, 0.15) is 35.4 Å². The summed E-state index contributed by atoms with van der Waals surface area (Å²) in [5.41, 5.74) is 1.60. The Morgan fingerprint density at radius 3 is 2.84 bits per heavy atom. The summed E-state index contributed by atoms with van der Waals surface area (Å²) in [5, 5.41) is 0.931. The van der Waals surface area contributed by atoms with Crippen LogP contribution < -0.4 is 4.74 Å².